The summed E-state index contributed by atoms with van der Waals surface area (Å²) in [5.41, 5.74) is 0.000125. The quantitative estimate of drug-likeness (QED) is 0.848. The Hall–Kier alpha value is -1.43. The van der Waals surface area contributed by atoms with E-state index < -0.39 is 28.3 Å². The zero-order valence-electron chi connectivity index (χ0n) is 9.57. The van der Waals surface area contributed by atoms with Gasteiger partial charge in [-0.2, -0.15) is 0 Å². The number of rotatable bonds is 4. The van der Waals surface area contributed by atoms with Crippen LogP contribution < -0.4 is 5.32 Å². The van der Waals surface area contributed by atoms with Gasteiger partial charge in [-0.05, 0) is 19.1 Å². The van der Waals surface area contributed by atoms with Crippen molar-refractivity contribution in [3.63, 3.8) is 0 Å². The smallest absolute Gasteiger partial charge is 0.255 e. The number of carbonyl (C=O) groups is 1. The highest BCUT2D eigenvalue weighted by atomic mass is 32.2. The fraction of sp³-hybridized carbons (Fsp3) is 0.364. The predicted octanol–water partition coefficient (Wildman–Crippen LogP) is 1.03. The molecule has 2 atom stereocenters. The zero-order valence-corrected chi connectivity index (χ0v) is 10.4. The van der Waals surface area contributed by atoms with Crippen molar-refractivity contribution in [2.75, 3.05) is 12.0 Å². The van der Waals surface area contributed by atoms with E-state index in [2.05, 4.69) is 5.32 Å². The summed E-state index contributed by atoms with van der Waals surface area (Å²) in [6.45, 7) is 1.71. The minimum Gasteiger partial charge on any atom is -0.507 e. The summed E-state index contributed by atoms with van der Waals surface area (Å²) in [5, 5.41) is 12.0. The van der Waals surface area contributed by atoms with Gasteiger partial charge in [-0.15, -0.1) is 0 Å². The van der Waals surface area contributed by atoms with E-state index >= 15 is 0 Å². The average molecular weight is 259 g/mol. The van der Waals surface area contributed by atoms with Crippen LogP contribution in [0, 0.1) is 5.82 Å². The monoisotopic (exact) mass is 259 g/mol. The standard InChI is InChI=1S/C11H14FNO3S/c1-7(6-17(2)16)13-11(15)9-4-3-8(12)5-10(9)14/h3-5,7,14H,6H2,1-2H3,(H,13,15). The van der Waals surface area contributed by atoms with Crippen LogP contribution in [0.1, 0.15) is 17.3 Å². The first-order valence-corrected chi connectivity index (χ1v) is 6.72. The van der Waals surface area contributed by atoms with Crippen LogP contribution in [0.2, 0.25) is 0 Å². The third-order valence-electron chi connectivity index (χ3n) is 2.07. The molecule has 2 N–H and O–H groups in total. The van der Waals surface area contributed by atoms with Crippen LogP contribution in [0.5, 0.6) is 5.75 Å². The molecule has 0 aliphatic carbocycles. The second-order valence-corrected chi connectivity index (χ2v) is 5.26. The van der Waals surface area contributed by atoms with Crippen molar-refractivity contribution in [1.82, 2.24) is 5.32 Å². The number of phenolic OH excluding ortho intramolecular Hbond substituents is 1. The second-order valence-electron chi connectivity index (χ2n) is 3.78. The first-order valence-electron chi connectivity index (χ1n) is 4.99. The maximum absolute atomic E-state index is 12.7. The van der Waals surface area contributed by atoms with Crippen molar-refractivity contribution in [2.45, 2.75) is 13.0 Å². The number of aromatic hydroxyl groups is 1. The highest BCUT2D eigenvalue weighted by Crippen LogP contribution is 2.17. The van der Waals surface area contributed by atoms with Gasteiger partial charge in [0, 0.05) is 34.9 Å². The summed E-state index contributed by atoms with van der Waals surface area (Å²) in [7, 11) is -1.01. The molecule has 0 aromatic heterocycles. The van der Waals surface area contributed by atoms with Crippen molar-refractivity contribution in [3.05, 3.63) is 29.6 Å². The van der Waals surface area contributed by atoms with Crippen LogP contribution in [0.15, 0.2) is 18.2 Å². The van der Waals surface area contributed by atoms with E-state index in [0.717, 1.165) is 12.1 Å². The summed E-state index contributed by atoms with van der Waals surface area (Å²) < 4.78 is 23.7. The lowest BCUT2D eigenvalue weighted by Gasteiger charge is -2.12. The largest absolute Gasteiger partial charge is 0.507 e. The van der Waals surface area contributed by atoms with Gasteiger partial charge in [0.15, 0.2) is 0 Å². The lowest BCUT2D eigenvalue weighted by Crippen LogP contribution is -2.36. The molecule has 0 aliphatic heterocycles. The Morgan fingerprint density at radius 3 is 2.76 bits per heavy atom. The maximum atomic E-state index is 12.7. The van der Waals surface area contributed by atoms with Crippen molar-refractivity contribution in [1.29, 1.82) is 0 Å². The number of hydrogen-bond donors (Lipinski definition) is 2. The van der Waals surface area contributed by atoms with Crippen LogP contribution in [-0.2, 0) is 10.8 Å². The topological polar surface area (TPSA) is 66.4 Å². The Labute approximate surface area is 101 Å². The lowest BCUT2D eigenvalue weighted by atomic mass is 10.1. The van der Waals surface area contributed by atoms with Crippen LogP contribution in [-0.4, -0.2) is 33.3 Å². The Morgan fingerprint density at radius 1 is 1.59 bits per heavy atom. The van der Waals surface area contributed by atoms with E-state index in [4.69, 9.17) is 0 Å². The molecule has 17 heavy (non-hydrogen) atoms. The van der Waals surface area contributed by atoms with E-state index in [0.29, 0.717) is 5.75 Å². The van der Waals surface area contributed by atoms with Crippen molar-refractivity contribution >= 4 is 16.7 Å². The van der Waals surface area contributed by atoms with Gasteiger partial charge in [0.05, 0.1) is 5.56 Å². The van der Waals surface area contributed by atoms with Crippen LogP contribution in [0.25, 0.3) is 0 Å². The zero-order chi connectivity index (χ0) is 13.0. The molecule has 0 heterocycles. The highest BCUT2D eigenvalue weighted by molar-refractivity contribution is 7.84. The Kier molecular flexibility index (Phi) is 4.62. The van der Waals surface area contributed by atoms with Crippen LogP contribution in [0.4, 0.5) is 4.39 Å². The van der Waals surface area contributed by atoms with Gasteiger partial charge in [-0.25, -0.2) is 4.39 Å². The molecule has 0 saturated heterocycles. The Morgan fingerprint density at radius 2 is 2.24 bits per heavy atom. The van der Waals surface area contributed by atoms with Crippen molar-refractivity contribution in [3.8, 4) is 5.75 Å². The molecule has 94 valence electrons. The summed E-state index contributed by atoms with van der Waals surface area (Å²) in [6.07, 6.45) is 1.54. The molecule has 0 spiro atoms. The number of benzene rings is 1. The molecular formula is C11H14FNO3S. The van der Waals surface area contributed by atoms with E-state index in [-0.39, 0.29) is 11.6 Å². The lowest BCUT2D eigenvalue weighted by molar-refractivity contribution is 0.0941. The number of halogens is 1. The van der Waals surface area contributed by atoms with Gasteiger partial charge in [0.25, 0.3) is 5.91 Å². The van der Waals surface area contributed by atoms with Gasteiger partial charge in [-0.3, -0.25) is 9.00 Å². The molecule has 1 rings (SSSR count). The molecule has 0 saturated carbocycles. The molecular weight excluding hydrogens is 245 g/mol. The molecule has 2 unspecified atom stereocenters. The highest BCUT2D eigenvalue weighted by Gasteiger charge is 2.14. The van der Waals surface area contributed by atoms with Crippen LogP contribution >= 0.6 is 0 Å². The molecule has 0 fully saturated rings. The van der Waals surface area contributed by atoms with Gasteiger partial charge < -0.3 is 10.4 Å². The van der Waals surface area contributed by atoms with Crippen molar-refractivity contribution in [2.24, 2.45) is 0 Å². The SMILES string of the molecule is CC(CS(C)=O)NC(=O)c1ccc(F)cc1O. The molecule has 0 aliphatic rings. The summed E-state index contributed by atoms with van der Waals surface area (Å²) >= 11 is 0. The Bertz CT molecular complexity index is 450. The molecule has 1 aromatic carbocycles. The van der Waals surface area contributed by atoms with E-state index in [1.807, 2.05) is 0 Å². The first-order chi connectivity index (χ1) is 7.90. The molecule has 4 nitrogen and oxygen atoms in total. The summed E-state index contributed by atoms with van der Waals surface area (Å²) in [5.74, 6) is -1.21. The van der Waals surface area contributed by atoms with Gasteiger partial charge in [0.1, 0.15) is 11.6 Å². The summed E-state index contributed by atoms with van der Waals surface area (Å²) in [6, 6.07) is 2.89. The number of carbonyl (C=O) groups excluding carboxylic acids is 1. The normalized spacial score (nSPS) is 14.1. The van der Waals surface area contributed by atoms with Crippen LogP contribution in [0.3, 0.4) is 0 Å². The number of nitrogens with one attached hydrogen (secondary N) is 1. The molecule has 1 amide bonds. The van der Waals surface area contributed by atoms with Gasteiger partial charge in [0.2, 0.25) is 0 Å². The number of amides is 1. The third-order valence-corrected chi connectivity index (χ3v) is 3.04. The average Bonchev–Trinajstić information content (AvgIpc) is 2.15. The van der Waals surface area contributed by atoms with E-state index in [9.17, 15) is 18.5 Å². The summed E-state index contributed by atoms with van der Waals surface area (Å²) in [4.78, 5) is 11.7. The minimum absolute atomic E-state index is 0.000125. The number of phenols is 1. The maximum Gasteiger partial charge on any atom is 0.255 e. The molecule has 1 aromatic rings. The first kappa shape index (κ1) is 13.6. The second kappa shape index (κ2) is 5.77. The predicted molar refractivity (Wildman–Crippen MR) is 63.9 cm³/mol. The fourth-order valence-electron chi connectivity index (χ4n) is 1.39. The minimum atomic E-state index is -1.01. The van der Waals surface area contributed by atoms with Crippen molar-refractivity contribution < 1.29 is 18.5 Å². The Balaban J connectivity index is 2.73. The number of hydrogen-bond acceptors (Lipinski definition) is 3. The van der Waals surface area contributed by atoms with E-state index in [1.54, 1.807) is 6.92 Å². The fourth-order valence-corrected chi connectivity index (χ4v) is 2.18. The molecule has 0 bridgehead atoms. The molecule has 6 heteroatoms. The van der Waals surface area contributed by atoms with Gasteiger partial charge in [-0.1, -0.05) is 0 Å². The third kappa shape index (κ3) is 4.14. The molecule has 0 radical (unpaired) electrons. The van der Waals surface area contributed by atoms with E-state index in [1.165, 1.54) is 12.3 Å². The van der Waals surface area contributed by atoms with Gasteiger partial charge >= 0.3 is 0 Å².